The summed E-state index contributed by atoms with van der Waals surface area (Å²) in [4.78, 5) is 28.5. The maximum absolute atomic E-state index is 13.2. The zero-order valence-corrected chi connectivity index (χ0v) is 19.7. The van der Waals surface area contributed by atoms with E-state index in [0.29, 0.717) is 54.5 Å². The van der Waals surface area contributed by atoms with E-state index in [1.807, 2.05) is 6.07 Å². The van der Waals surface area contributed by atoms with Crippen LogP contribution < -0.4 is 4.90 Å². The number of rotatable bonds is 5. The third-order valence-corrected chi connectivity index (χ3v) is 7.92. The molecule has 0 aromatic heterocycles. The zero-order chi connectivity index (χ0) is 21.3. The van der Waals surface area contributed by atoms with E-state index in [-0.39, 0.29) is 28.9 Å². The molecular weight excluding hydrogens is 456 g/mol. The van der Waals surface area contributed by atoms with E-state index in [4.69, 9.17) is 0 Å². The lowest BCUT2D eigenvalue weighted by Crippen LogP contribution is -2.43. The van der Waals surface area contributed by atoms with E-state index in [9.17, 15) is 18.0 Å². The van der Waals surface area contributed by atoms with Gasteiger partial charge in [-0.2, -0.15) is 0 Å². The van der Waals surface area contributed by atoms with Crippen LogP contribution in [0.25, 0.3) is 0 Å². The van der Waals surface area contributed by atoms with Crippen molar-refractivity contribution in [2.75, 3.05) is 30.3 Å². The highest BCUT2D eigenvalue weighted by atomic mass is 79.9. The van der Waals surface area contributed by atoms with E-state index in [1.165, 1.54) is 0 Å². The lowest BCUT2D eigenvalue weighted by Gasteiger charge is -2.35. The normalized spacial score (nSPS) is 21.9. The second kappa shape index (κ2) is 8.76. The maximum Gasteiger partial charge on any atom is 0.226 e. The van der Waals surface area contributed by atoms with Crippen LogP contribution in [-0.2, 0) is 25.8 Å². The molecule has 29 heavy (non-hydrogen) atoms. The molecular formula is C21H29BrN2O4S. The van der Waals surface area contributed by atoms with Gasteiger partial charge in [-0.1, -0.05) is 36.7 Å². The summed E-state index contributed by atoms with van der Waals surface area (Å²) in [6.07, 6.45) is 2.00. The Morgan fingerprint density at radius 3 is 2.41 bits per heavy atom. The summed E-state index contributed by atoms with van der Waals surface area (Å²) in [5.41, 5.74) is 1.34. The van der Waals surface area contributed by atoms with E-state index in [1.54, 1.807) is 22.8 Å². The Bertz CT molecular complexity index is 906. The van der Waals surface area contributed by atoms with Crippen molar-refractivity contribution >= 4 is 43.3 Å². The van der Waals surface area contributed by atoms with Crippen molar-refractivity contribution in [3.8, 4) is 0 Å². The Balaban J connectivity index is 1.81. The van der Waals surface area contributed by atoms with Gasteiger partial charge < -0.3 is 9.80 Å². The van der Waals surface area contributed by atoms with Crippen molar-refractivity contribution in [3.05, 3.63) is 22.2 Å². The predicted octanol–water partition coefficient (Wildman–Crippen LogP) is 3.42. The topological polar surface area (TPSA) is 74.8 Å². The summed E-state index contributed by atoms with van der Waals surface area (Å²) >= 11 is 3.39. The number of benzene rings is 1. The molecule has 0 saturated carbocycles. The monoisotopic (exact) mass is 484 g/mol. The molecule has 2 aliphatic heterocycles. The fourth-order valence-electron chi connectivity index (χ4n) is 4.50. The number of halogens is 1. The lowest BCUT2D eigenvalue weighted by atomic mass is 9.92. The number of amides is 2. The van der Waals surface area contributed by atoms with Crippen LogP contribution in [0.4, 0.5) is 5.69 Å². The van der Waals surface area contributed by atoms with Crippen molar-refractivity contribution in [2.45, 2.75) is 51.3 Å². The van der Waals surface area contributed by atoms with Gasteiger partial charge in [0.15, 0.2) is 9.84 Å². The Kier molecular flexibility index (Phi) is 6.73. The maximum atomic E-state index is 13.2. The number of hydrogen-bond acceptors (Lipinski definition) is 4. The fraction of sp³-hybridized carbons (Fsp3) is 0.619. The minimum Gasteiger partial charge on any atom is -0.342 e. The van der Waals surface area contributed by atoms with Crippen LogP contribution >= 0.6 is 15.9 Å². The number of sulfone groups is 1. The van der Waals surface area contributed by atoms with Crippen molar-refractivity contribution in [2.24, 2.45) is 11.8 Å². The van der Waals surface area contributed by atoms with Gasteiger partial charge in [-0.3, -0.25) is 9.59 Å². The third kappa shape index (κ3) is 4.85. The molecule has 160 valence electrons. The minimum absolute atomic E-state index is 0.0369. The summed E-state index contributed by atoms with van der Waals surface area (Å²) in [7, 11) is -3.71. The van der Waals surface area contributed by atoms with Gasteiger partial charge in [0.05, 0.1) is 16.3 Å². The Morgan fingerprint density at radius 2 is 1.79 bits per heavy atom. The molecule has 8 heteroatoms. The quantitative estimate of drug-likeness (QED) is 0.641. The first-order valence-corrected chi connectivity index (χ1v) is 12.7. The molecule has 6 nitrogen and oxygen atoms in total. The predicted molar refractivity (Wildman–Crippen MR) is 117 cm³/mol. The van der Waals surface area contributed by atoms with Crippen LogP contribution in [0, 0.1) is 11.8 Å². The lowest BCUT2D eigenvalue weighted by molar-refractivity contribution is -0.133. The van der Waals surface area contributed by atoms with E-state index < -0.39 is 9.84 Å². The van der Waals surface area contributed by atoms with Crippen LogP contribution in [0.1, 0.15) is 45.6 Å². The number of carbonyl (C=O) groups excluding carboxylic acids is 2. The number of carbonyl (C=O) groups is 2. The molecule has 0 spiro atoms. The smallest absolute Gasteiger partial charge is 0.226 e. The van der Waals surface area contributed by atoms with Crippen LogP contribution in [0.2, 0.25) is 0 Å². The average Bonchev–Trinajstić information content (AvgIpc) is 3.07. The highest BCUT2D eigenvalue weighted by Crippen LogP contribution is 2.38. The number of nitrogens with zero attached hydrogens (tertiary/aromatic N) is 2. The molecule has 2 aliphatic rings. The standard InChI is InChI=1S/C21H29BrN2O4S/c1-4-19(25)24-7-5-16-10-17(22)11-18(21(16)24)29(27,28)8-6-20(26)23-12-14(2)9-15(3)13-23/h10-11,14-15H,4-9,12-13H2,1-3H3/t14-,15+. The molecule has 3 rings (SSSR count). The molecule has 1 aromatic rings. The molecule has 0 radical (unpaired) electrons. The summed E-state index contributed by atoms with van der Waals surface area (Å²) in [6.45, 7) is 7.88. The van der Waals surface area contributed by atoms with Crippen LogP contribution in [0.3, 0.4) is 0 Å². The van der Waals surface area contributed by atoms with Gasteiger partial charge in [-0.15, -0.1) is 0 Å². The molecule has 0 unspecified atom stereocenters. The Hall–Kier alpha value is -1.41. The molecule has 1 saturated heterocycles. The number of anilines is 1. The first kappa shape index (κ1) is 22.3. The largest absolute Gasteiger partial charge is 0.342 e. The summed E-state index contributed by atoms with van der Waals surface area (Å²) < 4.78 is 27.0. The second-order valence-electron chi connectivity index (χ2n) is 8.37. The summed E-state index contributed by atoms with van der Waals surface area (Å²) in [6, 6.07) is 3.43. The summed E-state index contributed by atoms with van der Waals surface area (Å²) in [5.74, 6) is 0.417. The number of likely N-dealkylation sites (tertiary alicyclic amines) is 1. The van der Waals surface area contributed by atoms with Crippen LogP contribution in [0.5, 0.6) is 0 Å². The van der Waals surface area contributed by atoms with E-state index >= 15 is 0 Å². The van der Waals surface area contributed by atoms with Crippen molar-refractivity contribution < 1.29 is 18.0 Å². The van der Waals surface area contributed by atoms with Gasteiger partial charge in [0, 0.05) is 36.9 Å². The third-order valence-electron chi connectivity index (χ3n) is 5.74. The fourth-order valence-corrected chi connectivity index (χ4v) is 6.67. The molecule has 1 aromatic carbocycles. The second-order valence-corrected chi connectivity index (χ2v) is 11.4. The molecule has 2 atom stereocenters. The molecule has 2 heterocycles. The molecule has 0 aliphatic carbocycles. The van der Waals surface area contributed by atoms with Gasteiger partial charge in [0.2, 0.25) is 11.8 Å². The van der Waals surface area contributed by atoms with Gasteiger partial charge in [-0.05, 0) is 42.4 Å². The first-order chi connectivity index (χ1) is 13.6. The van der Waals surface area contributed by atoms with Crippen molar-refractivity contribution in [1.82, 2.24) is 4.90 Å². The van der Waals surface area contributed by atoms with Crippen LogP contribution in [0.15, 0.2) is 21.5 Å². The molecule has 0 bridgehead atoms. The average molecular weight is 485 g/mol. The Morgan fingerprint density at radius 1 is 1.14 bits per heavy atom. The highest BCUT2D eigenvalue weighted by Gasteiger charge is 2.33. The van der Waals surface area contributed by atoms with Crippen molar-refractivity contribution in [3.63, 3.8) is 0 Å². The number of hydrogen-bond donors (Lipinski definition) is 0. The van der Waals surface area contributed by atoms with Gasteiger partial charge in [0.25, 0.3) is 0 Å². The van der Waals surface area contributed by atoms with Crippen molar-refractivity contribution in [1.29, 1.82) is 0 Å². The van der Waals surface area contributed by atoms with Gasteiger partial charge in [-0.25, -0.2) is 8.42 Å². The Labute approximate surface area is 181 Å². The molecule has 0 N–H and O–H groups in total. The van der Waals surface area contributed by atoms with Gasteiger partial charge in [0.1, 0.15) is 0 Å². The molecule has 2 amide bonds. The minimum atomic E-state index is -3.71. The number of piperidine rings is 1. The van der Waals surface area contributed by atoms with E-state index in [0.717, 1.165) is 12.0 Å². The molecule has 1 fully saturated rings. The summed E-state index contributed by atoms with van der Waals surface area (Å²) in [5, 5.41) is 0. The SMILES string of the molecule is CCC(=O)N1CCc2cc(Br)cc(S(=O)(=O)CCC(=O)N3C[C@H](C)C[C@H](C)C3)c21. The highest BCUT2D eigenvalue weighted by molar-refractivity contribution is 9.10. The van der Waals surface area contributed by atoms with Gasteiger partial charge >= 0.3 is 0 Å². The zero-order valence-electron chi connectivity index (χ0n) is 17.3. The van der Waals surface area contributed by atoms with E-state index in [2.05, 4.69) is 29.8 Å². The number of fused-ring (bicyclic) bond motifs is 1. The first-order valence-electron chi connectivity index (χ1n) is 10.3. The van der Waals surface area contributed by atoms with Crippen LogP contribution in [-0.4, -0.2) is 50.5 Å².